The van der Waals surface area contributed by atoms with Gasteiger partial charge in [0.2, 0.25) is 0 Å². The molecule has 0 spiro atoms. The molecule has 1 heterocycles. The molecule has 0 saturated heterocycles. The van der Waals surface area contributed by atoms with Gasteiger partial charge in [0.05, 0.1) is 12.6 Å². The first-order valence-electron chi connectivity index (χ1n) is 6.23. The van der Waals surface area contributed by atoms with E-state index in [-0.39, 0.29) is 6.10 Å². The third kappa shape index (κ3) is 2.92. The Labute approximate surface area is 113 Å². The zero-order chi connectivity index (χ0) is 13.0. The lowest BCUT2D eigenvalue weighted by Crippen LogP contribution is -2.18. The lowest BCUT2D eigenvalue weighted by molar-refractivity contribution is 0.174. The summed E-state index contributed by atoms with van der Waals surface area (Å²) in [5, 5.41) is 12.2. The Hall–Kier alpha value is -1.32. The van der Waals surface area contributed by atoms with E-state index in [1.165, 1.54) is 4.88 Å². The van der Waals surface area contributed by atoms with Crippen LogP contribution in [0.25, 0.3) is 0 Å². The summed E-state index contributed by atoms with van der Waals surface area (Å²) in [6.07, 6.45) is 0.358. The van der Waals surface area contributed by atoms with E-state index in [0.717, 1.165) is 24.2 Å². The maximum Gasteiger partial charge on any atom is 0.0807 e. The van der Waals surface area contributed by atoms with Crippen LogP contribution in [-0.2, 0) is 6.54 Å². The molecule has 2 rings (SSSR count). The number of benzene rings is 1. The van der Waals surface area contributed by atoms with E-state index in [4.69, 9.17) is 0 Å². The molecule has 0 aliphatic rings. The molecule has 1 N–H and O–H groups in total. The van der Waals surface area contributed by atoms with Gasteiger partial charge in [-0.15, -0.1) is 11.3 Å². The predicted molar refractivity (Wildman–Crippen MR) is 78.1 cm³/mol. The maximum atomic E-state index is 10.1. The number of hydrogen-bond donors (Lipinski definition) is 1. The average Bonchev–Trinajstić information content (AvgIpc) is 2.90. The van der Waals surface area contributed by atoms with E-state index in [1.807, 2.05) is 25.1 Å². The van der Waals surface area contributed by atoms with E-state index >= 15 is 0 Å². The van der Waals surface area contributed by atoms with Crippen LogP contribution >= 0.6 is 11.3 Å². The van der Waals surface area contributed by atoms with Crippen molar-refractivity contribution in [2.45, 2.75) is 26.0 Å². The molecule has 1 atom stereocenters. The summed E-state index contributed by atoms with van der Waals surface area (Å²) in [4.78, 5) is 3.53. The number of rotatable bonds is 5. The molecule has 2 aromatic rings. The van der Waals surface area contributed by atoms with Crippen molar-refractivity contribution in [3.8, 4) is 0 Å². The molecule has 1 aromatic heterocycles. The number of hydrogen-bond acceptors (Lipinski definition) is 3. The summed E-state index contributed by atoms with van der Waals surface area (Å²) in [7, 11) is 2.07. The van der Waals surface area contributed by atoms with Gasteiger partial charge in [0.25, 0.3) is 0 Å². The van der Waals surface area contributed by atoms with Crippen molar-refractivity contribution in [2.24, 2.45) is 0 Å². The minimum atomic E-state index is -0.382. The monoisotopic (exact) mass is 261 g/mol. The van der Waals surface area contributed by atoms with Crippen molar-refractivity contribution in [3.63, 3.8) is 0 Å². The van der Waals surface area contributed by atoms with E-state index in [1.54, 1.807) is 11.3 Å². The van der Waals surface area contributed by atoms with Crippen LogP contribution < -0.4 is 4.90 Å². The van der Waals surface area contributed by atoms with Gasteiger partial charge in [-0.25, -0.2) is 0 Å². The van der Waals surface area contributed by atoms with E-state index < -0.39 is 0 Å². The SMILES string of the molecule is CCC(O)c1ccccc1N(C)Cc1cccs1. The van der Waals surface area contributed by atoms with Crippen LogP contribution in [0.2, 0.25) is 0 Å². The minimum absolute atomic E-state index is 0.382. The van der Waals surface area contributed by atoms with Gasteiger partial charge in [-0.3, -0.25) is 0 Å². The normalized spacial score (nSPS) is 12.4. The standard InChI is InChI=1S/C15H19NOS/c1-3-15(17)13-8-4-5-9-14(13)16(2)11-12-7-6-10-18-12/h4-10,15,17H,3,11H2,1-2H3. The number of nitrogens with zero attached hydrogens (tertiary/aromatic N) is 1. The number of aliphatic hydroxyl groups is 1. The second-order valence-electron chi connectivity index (χ2n) is 4.42. The fourth-order valence-corrected chi connectivity index (χ4v) is 2.82. The van der Waals surface area contributed by atoms with Gasteiger partial charge in [-0.1, -0.05) is 31.2 Å². The van der Waals surface area contributed by atoms with E-state index in [2.05, 4.69) is 35.5 Å². The van der Waals surface area contributed by atoms with Crippen molar-refractivity contribution in [1.82, 2.24) is 0 Å². The molecule has 0 saturated carbocycles. The molecule has 3 heteroatoms. The van der Waals surface area contributed by atoms with Crippen LogP contribution in [0.4, 0.5) is 5.69 Å². The Morgan fingerprint density at radius 3 is 2.67 bits per heavy atom. The Balaban J connectivity index is 2.21. The van der Waals surface area contributed by atoms with Crippen molar-refractivity contribution in [3.05, 3.63) is 52.2 Å². The molecule has 0 aliphatic heterocycles. The molecular weight excluding hydrogens is 242 g/mol. The first kappa shape index (κ1) is 13.1. The van der Waals surface area contributed by atoms with Crippen LogP contribution in [0.5, 0.6) is 0 Å². The smallest absolute Gasteiger partial charge is 0.0807 e. The summed E-state index contributed by atoms with van der Waals surface area (Å²) >= 11 is 1.76. The Kier molecular flexibility index (Phi) is 4.39. The highest BCUT2D eigenvalue weighted by Crippen LogP contribution is 2.28. The van der Waals surface area contributed by atoms with Gasteiger partial charge in [0.15, 0.2) is 0 Å². The molecular formula is C15H19NOS. The third-order valence-electron chi connectivity index (χ3n) is 3.07. The zero-order valence-corrected chi connectivity index (χ0v) is 11.7. The second-order valence-corrected chi connectivity index (χ2v) is 5.45. The largest absolute Gasteiger partial charge is 0.388 e. The van der Waals surface area contributed by atoms with Gasteiger partial charge in [0.1, 0.15) is 0 Å². The molecule has 96 valence electrons. The van der Waals surface area contributed by atoms with Crippen LogP contribution in [-0.4, -0.2) is 12.2 Å². The molecule has 2 nitrogen and oxygen atoms in total. The number of aliphatic hydroxyl groups excluding tert-OH is 1. The Morgan fingerprint density at radius 2 is 2.00 bits per heavy atom. The minimum Gasteiger partial charge on any atom is -0.388 e. The van der Waals surface area contributed by atoms with Gasteiger partial charge in [0, 0.05) is 23.2 Å². The quantitative estimate of drug-likeness (QED) is 0.884. The summed E-state index contributed by atoms with van der Waals surface area (Å²) in [6.45, 7) is 2.88. The highest BCUT2D eigenvalue weighted by molar-refractivity contribution is 7.09. The predicted octanol–water partition coefficient (Wildman–Crippen LogP) is 3.83. The van der Waals surface area contributed by atoms with Crippen molar-refractivity contribution in [1.29, 1.82) is 0 Å². The molecule has 0 fully saturated rings. The maximum absolute atomic E-state index is 10.1. The lowest BCUT2D eigenvalue weighted by Gasteiger charge is -2.23. The second kappa shape index (κ2) is 6.03. The highest BCUT2D eigenvalue weighted by atomic mass is 32.1. The van der Waals surface area contributed by atoms with Gasteiger partial charge < -0.3 is 10.0 Å². The highest BCUT2D eigenvalue weighted by Gasteiger charge is 2.13. The van der Waals surface area contributed by atoms with Crippen LogP contribution in [0.3, 0.4) is 0 Å². The van der Waals surface area contributed by atoms with Crippen molar-refractivity contribution >= 4 is 17.0 Å². The van der Waals surface area contributed by atoms with Gasteiger partial charge in [-0.05, 0) is 23.9 Å². The summed E-state index contributed by atoms with van der Waals surface area (Å²) in [6, 6.07) is 12.3. The lowest BCUT2D eigenvalue weighted by atomic mass is 10.0. The summed E-state index contributed by atoms with van der Waals surface area (Å²) < 4.78 is 0. The number of thiophene rings is 1. The average molecular weight is 261 g/mol. The zero-order valence-electron chi connectivity index (χ0n) is 10.8. The van der Waals surface area contributed by atoms with Crippen LogP contribution in [0.1, 0.15) is 29.9 Å². The van der Waals surface area contributed by atoms with Crippen LogP contribution in [0, 0.1) is 0 Å². The fourth-order valence-electron chi connectivity index (χ4n) is 2.06. The molecule has 1 aromatic carbocycles. The molecule has 0 amide bonds. The molecule has 1 unspecified atom stereocenters. The third-order valence-corrected chi connectivity index (χ3v) is 3.93. The Morgan fingerprint density at radius 1 is 1.22 bits per heavy atom. The van der Waals surface area contributed by atoms with E-state index in [9.17, 15) is 5.11 Å². The number of anilines is 1. The molecule has 18 heavy (non-hydrogen) atoms. The Bertz CT molecular complexity index is 481. The number of para-hydroxylation sites is 1. The fraction of sp³-hybridized carbons (Fsp3) is 0.333. The first-order valence-corrected chi connectivity index (χ1v) is 7.11. The molecule has 0 bridgehead atoms. The topological polar surface area (TPSA) is 23.5 Å². The molecule has 0 radical (unpaired) electrons. The van der Waals surface area contributed by atoms with Crippen molar-refractivity contribution in [2.75, 3.05) is 11.9 Å². The first-order chi connectivity index (χ1) is 8.72. The van der Waals surface area contributed by atoms with Crippen LogP contribution in [0.15, 0.2) is 41.8 Å². The summed E-state index contributed by atoms with van der Waals surface area (Å²) in [5.41, 5.74) is 2.12. The van der Waals surface area contributed by atoms with Gasteiger partial charge in [-0.2, -0.15) is 0 Å². The van der Waals surface area contributed by atoms with Gasteiger partial charge >= 0.3 is 0 Å². The summed E-state index contributed by atoms with van der Waals surface area (Å²) in [5.74, 6) is 0. The van der Waals surface area contributed by atoms with Crippen molar-refractivity contribution < 1.29 is 5.11 Å². The molecule has 0 aliphatic carbocycles. The van der Waals surface area contributed by atoms with E-state index in [0.29, 0.717) is 0 Å².